The summed E-state index contributed by atoms with van der Waals surface area (Å²) >= 11 is 0. The minimum atomic E-state index is 0. The van der Waals surface area contributed by atoms with E-state index < -0.39 is 0 Å². The van der Waals surface area contributed by atoms with Crippen LogP contribution in [0.3, 0.4) is 0 Å². The Bertz CT molecular complexity index is 6.88. The SMILES string of the molecule is [Co].[Co].[Co].[Co].[Co].[Co].[Co].[Nd].[Nd]. The summed E-state index contributed by atoms with van der Waals surface area (Å²) in [6.45, 7) is 0. The van der Waals surface area contributed by atoms with Crippen molar-refractivity contribution in [3.05, 3.63) is 0 Å². The Morgan fingerprint density at radius 1 is 0.222 bits per heavy atom. The van der Waals surface area contributed by atoms with Crippen molar-refractivity contribution >= 4 is 0 Å². The van der Waals surface area contributed by atoms with Crippen LogP contribution < -0.4 is 0 Å². The van der Waals surface area contributed by atoms with Crippen molar-refractivity contribution in [3.63, 3.8) is 0 Å². The van der Waals surface area contributed by atoms with E-state index in [4.69, 9.17) is 0 Å². The van der Waals surface area contributed by atoms with Crippen LogP contribution in [-0.4, -0.2) is 0 Å². The van der Waals surface area contributed by atoms with Crippen LogP contribution in [0.15, 0.2) is 0 Å². The van der Waals surface area contributed by atoms with Gasteiger partial charge in [0.15, 0.2) is 0 Å². The minimum Gasteiger partial charge on any atom is 0 e. The molecule has 0 aromatic heterocycles. The van der Waals surface area contributed by atoms with Gasteiger partial charge in [-0.3, -0.25) is 0 Å². The normalized spacial score (nSPS) is 0. The molecule has 0 heterocycles. The van der Waals surface area contributed by atoms with Crippen molar-refractivity contribution in [3.8, 4) is 0 Å². The Morgan fingerprint density at radius 2 is 0.222 bits per heavy atom. The third-order valence-corrected chi connectivity index (χ3v) is 0. The molecule has 0 unspecified atom stereocenters. The van der Waals surface area contributed by atoms with Gasteiger partial charge in [0, 0.05) is 199 Å². The zero-order valence-electron chi connectivity index (χ0n) is 3.33. The molecule has 0 spiro atoms. The van der Waals surface area contributed by atoms with Crippen LogP contribution in [0, 0.1) is 81.7 Å². The van der Waals surface area contributed by atoms with E-state index in [2.05, 4.69) is 0 Å². The van der Waals surface area contributed by atoms with Gasteiger partial charge in [-0.1, -0.05) is 0 Å². The zero-order chi connectivity index (χ0) is 0. The molecule has 0 aliphatic heterocycles. The van der Waals surface area contributed by atoms with E-state index >= 15 is 0 Å². The molecule has 0 saturated heterocycles. The van der Waals surface area contributed by atoms with Gasteiger partial charge in [-0.2, -0.15) is 0 Å². The standard InChI is InChI=1S/7Co.2Nd. The van der Waals surface area contributed by atoms with E-state index in [1.807, 2.05) is 0 Å². The Morgan fingerprint density at radius 3 is 0.222 bits per heavy atom. The molecule has 0 fully saturated rings. The summed E-state index contributed by atoms with van der Waals surface area (Å²) in [5.41, 5.74) is 0. The van der Waals surface area contributed by atoms with Crippen LogP contribution in [-0.2, 0) is 117 Å². The first-order valence-corrected chi connectivity index (χ1v) is 0. The van der Waals surface area contributed by atoms with Crippen molar-refractivity contribution in [2.75, 3.05) is 0 Å². The molecule has 0 N–H and O–H groups in total. The first-order valence-electron chi connectivity index (χ1n) is 0. The Labute approximate surface area is 194 Å². The third kappa shape index (κ3) is 54.8. The Kier molecular flexibility index (Phi) is 565. The summed E-state index contributed by atoms with van der Waals surface area (Å²) in [5, 5.41) is 0. The van der Waals surface area contributed by atoms with Gasteiger partial charge in [0.2, 0.25) is 0 Å². The van der Waals surface area contributed by atoms with Crippen LogP contribution in [0.4, 0.5) is 0 Å². The van der Waals surface area contributed by atoms with Gasteiger partial charge in [0.1, 0.15) is 0 Å². The van der Waals surface area contributed by atoms with E-state index in [9.17, 15) is 0 Å². The van der Waals surface area contributed by atoms with Gasteiger partial charge in [0.05, 0.1) is 0 Å². The maximum absolute atomic E-state index is 0. The Balaban J connectivity index is 0. The predicted octanol–water partition coefficient (Wildman–Crippen LogP) is -0.0175. The van der Waals surface area contributed by atoms with E-state index in [-0.39, 0.29) is 199 Å². The maximum atomic E-state index is 0. The molecule has 0 aromatic carbocycles. The monoisotopic (exact) mass is 696 g/mol. The minimum absolute atomic E-state index is 0. The van der Waals surface area contributed by atoms with Gasteiger partial charge < -0.3 is 0 Å². The molecule has 0 aromatic rings. The second-order valence-corrected chi connectivity index (χ2v) is 0. The molecular weight excluding hydrogens is 701 g/mol. The van der Waals surface area contributed by atoms with E-state index in [1.54, 1.807) is 0 Å². The summed E-state index contributed by atoms with van der Waals surface area (Å²) < 4.78 is 0. The largest absolute Gasteiger partial charge is 0 e. The molecule has 0 atom stereocenters. The first-order chi connectivity index (χ1) is 0. The molecule has 9 heavy (non-hydrogen) atoms. The van der Waals surface area contributed by atoms with Crippen LogP contribution >= 0.6 is 0 Å². The molecular formula is Co7Nd2. The molecule has 0 saturated carbocycles. The number of hydrogen-bond donors (Lipinski definition) is 0. The maximum Gasteiger partial charge on any atom is 0 e. The Hall–Kier alpha value is 6.25. The summed E-state index contributed by atoms with van der Waals surface area (Å²) in [5.74, 6) is 0. The topological polar surface area (TPSA) is 0 Å². The summed E-state index contributed by atoms with van der Waals surface area (Å²) in [4.78, 5) is 0. The van der Waals surface area contributed by atoms with Gasteiger partial charge in [0.25, 0.3) is 0 Å². The molecule has 9 heteroatoms. The zero-order valence-corrected chi connectivity index (χ0v) is 17.0. The number of rotatable bonds is 0. The van der Waals surface area contributed by atoms with Crippen molar-refractivity contribution in [2.24, 2.45) is 0 Å². The van der Waals surface area contributed by atoms with Crippen molar-refractivity contribution in [1.29, 1.82) is 0 Å². The quantitative estimate of drug-likeness (QED) is 0.334. The average Bonchev–Trinajstić information content (AvgIpc) is 0. The molecule has 0 aliphatic rings. The van der Waals surface area contributed by atoms with Gasteiger partial charge in [-0.05, 0) is 0 Å². The van der Waals surface area contributed by atoms with Gasteiger partial charge in [-0.25, -0.2) is 0 Å². The summed E-state index contributed by atoms with van der Waals surface area (Å²) in [6, 6.07) is 0. The molecule has 0 amide bonds. The van der Waals surface area contributed by atoms with E-state index in [0.717, 1.165) is 0 Å². The van der Waals surface area contributed by atoms with Crippen LogP contribution in [0.2, 0.25) is 0 Å². The van der Waals surface area contributed by atoms with Crippen LogP contribution in [0.5, 0.6) is 0 Å². The molecule has 0 rings (SSSR count). The van der Waals surface area contributed by atoms with E-state index in [0.29, 0.717) is 0 Å². The van der Waals surface area contributed by atoms with Crippen molar-refractivity contribution < 1.29 is 199 Å². The van der Waals surface area contributed by atoms with Gasteiger partial charge in [-0.15, -0.1) is 0 Å². The fourth-order valence-corrected chi connectivity index (χ4v) is 0. The van der Waals surface area contributed by atoms with Gasteiger partial charge >= 0.3 is 0 Å². The van der Waals surface area contributed by atoms with Crippen molar-refractivity contribution in [2.45, 2.75) is 0 Å². The molecule has 0 aliphatic carbocycles. The van der Waals surface area contributed by atoms with Crippen molar-refractivity contribution in [1.82, 2.24) is 0 Å². The average molecular weight is 701 g/mol. The first kappa shape index (κ1) is 79.3. The second-order valence-electron chi connectivity index (χ2n) is 0. The fraction of sp³-hybridized carbons (Fsp3) is 0. The third-order valence-electron chi connectivity index (χ3n) is 0. The fourth-order valence-electron chi connectivity index (χ4n) is 0. The van der Waals surface area contributed by atoms with Crippen LogP contribution in [0.25, 0.3) is 0 Å². The molecule has 71 valence electrons. The molecule has 7 radical (unpaired) electrons. The van der Waals surface area contributed by atoms with Crippen LogP contribution in [0.1, 0.15) is 0 Å². The number of hydrogen-bond acceptors (Lipinski definition) is 0. The summed E-state index contributed by atoms with van der Waals surface area (Å²) in [7, 11) is 0. The summed E-state index contributed by atoms with van der Waals surface area (Å²) in [6.07, 6.45) is 0. The molecule has 0 bridgehead atoms. The smallest absolute Gasteiger partial charge is 0 e. The van der Waals surface area contributed by atoms with E-state index in [1.165, 1.54) is 0 Å². The predicted molar refractivity (Wildman–Crippen MR) is 0 cm³/mol. The molecule has 0 nitrogen and oxygen atoms in total. The second kappa shape index (κ2) is 64.1.